The van der Waals surface area contributed by atoms with Crippen LogP contribution in [0.3, 0.4) is 0 Å². The maximum Gasteiger partial charge on any atom is 0.226 e. The van der Waals surface area contributed by atoms with Gasteiger partial charge in [0.2, 0.25) is 5.91 Å². The van der Waals surface area contributed by atoms with Gasteiger partial charge in [-0.2, -0.15) is 0 Å². The highest BCUT2D eigenvalue weighted by atomic mass is 35.5. The Kier molecular flexibility index (Phi) is 6.62. The lowest BCUT2D eigenvalue weighted by molar-refractivity contribution is -0.138. The van der Waals surface area contributed by atoms with Crippen LogP contribution in [0.1, 0.15) is 26.3 Å². The second-order valence-electron chi connectivity index (χ2n) is 5.75. The van der Waals surface area contributed by atoms with Gasteiger partial charge in [-0.1, -0.05) is 19.1 Å². The molecule has 3 atom stereocenters. The van der Waals surface area contributed by atoms with Crippen molar-refractivity contribution < 1.29 is 9.18 Å². The largest absolute Gasteiger partial charge is 0.337 e. The van der Waals surface area contributed by atoms with E-state index in [-0.39, 0.29) is 36.1 Å². The van der Waals surface area contributed by atoms with Crippen LogP contribution in [0.2, 0.25) is 0 Å². The van der Waals surface area contributed by atoms with Gasteiger partial charge in [-0.05, 0) is 38.0 Å². The number of hydrogen-bond acceptors (Lipinski definition) is 2. The van der Waals surface area contributed by atoms with Crippen LogP contribution in [0, 0.1) is 11.7 Å². The summed E-state index contributed by atoms with van der Waals surface area (Å²) >= 11 is 0. The lowest BCUT2D eigenvalue weighted by Crippen LogP contribution is -2.58. The number of piperazine rings is 1. The molecule has 0 aromatic heterocycles. The molecule has 1 N–H and O–H groups in total. The number of hydrogen-bond donors (Lipinski definition) is 1. The summed E-state index contributed by atoms with van der Waals surface area (Å²) in [7, 11) is 0. The number of benzene rings is 1. The average Bonchev–Trinajstić information content (AvgIpc) is 2.41. The van der Waals surface area contributed by atoms with E-state index in [9.17, 15) is 9.18 Å². The molecule has 2 rings (SSSR count). The molecule has 0 spiro atoms. The third-order valence-electron chi connectivity index (χ3n) is 4.17. The topological polar surface area (TPSA) is 32.3 Å². The Labute approximate surface area is 132 Å². The minimum Gasteiger partial charge on any atom is -0.337 e. The lowest BCUT2D eigenvalue weighted by atomic mass is 9.97. The summed E-state index contributed by atoms with van der Waals surface area (Å²) in [4.78, 5) is 14.5. The molecule has 21 heavy (non-hydrogen) atoms. The van der Waals surface area contributed by atoms with Crippen molar-refractivity contribution in [2.75, 3.05) is 13.1 Å². The summed E-state index contributed by atoms with van der Waals surface area (Å²) in [6.45, 7) is 7.68. The van der Waals surface area contributed by atoms with Gasteiger partial charge < -0.3 is 10.2 Å². The first-order valence-electron chi connectivity index (χ1n) is 7.27. The molecule has 1 aromatic carbocycles. The van der Waals surface area contributed by atoms with E-state index < -0.39 is 0 Å². The van der Waals surface area contributed by atoms with E-state index in [4.69, 9.17) is 0 Å². The molecule has 0 aliphatic carbocycles. The van der Waals surface area contributed by atoms with Crippen molar-refractivity contribution in [1.82, 2.24) is 10.2 Å². The van der Waals surface area contributed by atoms with Crippen molar-refractivity contribution in [3.8, 4) is 0 Å². The van der Waals surface area contributed by atoms with Gasteiger partial charge in [-0.3, -0.25) is 4.79 Å². The highest BCUT2D eigenvalue weighted by molar-refractivity contribution is 5.85. The summed E-state index contributed by atoms with van der Waals surface area (Å²) in [5.74, 6) is -0.203. The molecule has 3 nitrogen and oxygen atoms in total. The van der Waals surface area contributed by atoms with Crippen LogP contribution < -0.4 is 5.32 Å². The first-order valence-corrected chi connectivity index (χ1v) is 7.27. The normalized spacial score (nSPS) is 23.3. The maximum absolute atomic E-state index is 13.2. The van der Waals surface area contributed by atoms with Gasteiger partial charge in [-0.25, -0.2) is 4.39 Å². The minimum absolute atomic E-state index is 0. The third kappa shape index (κ3) is 4.42. The molecule has 5 heteroatoms. The van der Waals surface area contributed by atoms with Crippen molar-refractivity contribution in [1.29, 1.82) is 0 Å². The van der Waals surface area contributed by atoms with Gasteiger partial charge in [0.05, 0.1) is 0 Å². The van der Waals surface area contributed by atoms with Crippen LogP contribution in [0.15, 0.2) is 24.3 Å². The molecule has 1 heterocycles. The quantitative estimate of drug-likeness (QED) is 0.930. The Balaban J connectivity index is 0.00000220. The van der Waals surface area contributed by atoms with Crippen molar-refractivity contribution in [2.24, 2.45) is 5.92 Å². The van der Waals surface area contributed by atoms with Gasteiger partial charge in [0.1, 0.15) is 5.82 Å². The van der Waals surface area contributed by atoms with Crippen molar-refractivity contribution in [3.05, 3.63) is 35.6 Å². The van der Waals surface area contributed by atoms with Crippen molar-refractivity contribution in [3.63, 3.8) is 0 Å². The molecule has 0 bridgehead atoms. The molecule has 118 valence electrons. The van der Waals surface area contributed by atoms with Crippen LogP contribution in [0.4, 0.5) is 4.39 Å². The molecular formula is C16H24ClFN2O. The number of carbonyl (C=O) groups excluding carboxylic acids is 1. The molecule has 1 aliphatic heterocycles. The molecule has 3 unspecified atom stereocenters. The number of nitrogens with zero attached hydrogens (tertiary/aromatic N) is 1. The SMILES string of the molecule is CC(Cc1cccc(F)c1)C(=O)N1CCNC(C)C1C.Cl. The monoisotopic (exact) mass is 314 g/mol. The van der Waals surface area contributed by atoms with E-state index in [1.165, 1.54) is 12.1 Å². The summed E-state index contributed by atoms with van der Waals surface area (Å²) in [6, 6.07) is 7.01. The molecule has 1 fully saturated rings. The third-order valence-corrected chi connectivity index (χ3v) is 4.17. The fourth-order valence-corrected chi connectivity index (χ4v) is 2.76. The fraction of sp³-hybridized carbons (Fsp3) is 0.562. The van der Waals surface area contributed by atoms with E-state index in [1.54, 1.807) is 6.07 Å². The Morgan fingerprint density at radius 2 is 2.19 bits per heavy atom. The van der Waals surface area contributed by atoms with E-state index in [0.29, 0.717) is 12.5 Å². The Morgan fingerprint density at radius 1 is 1.48 bits per heavy atom. The smallest absolute Gasteiger partial charge is 0.226 e. The average molecular weight is 315 g/mol. The minimum atomic E-state index is -0.244. The number of rotatable bonds is 3. The Hall–Kier alpha value is -1.13. The second-order valence-corrected chi connectivity index (χ2v) is 5.75. The molecule has 1 amide bonds. The fourth-order valence-electron chi connectivity index (χ4n) is 2.76. The second kappa shape index (κ2) is 7.76. The number of nitrogens with one attached hydrogen (secondary N) is 1. The predicted molar refractivity (Wildman–Crippen MR) is 85.2 cm³/mol. The van der Waals surface area contributed by atoms with Gasteiger partial charge in [0.25, 0.3) is 0 Å². The van der Waals surface area contributed by atoms with E-state index >= 15 is 0 Å². The zero-order valence-electron chi connectivity index (χ0n) is 12.8. The zero-order chi connectivity index (χ0) is 14.7. The van der Waals surface area contributed by atoms with Gasteiger partial charge in [-0.15, -0.1) is 12.4 Å². The van der Waals surface area contributed by atoms with Crippen LogP contribution in [-0.4, -0.2) is 36.0 Å². The first kappa shape index (κ1) is 17.9. The highest BCUT2D eigenvalue weighted by Gasteiger charge is 2.30. The van der Waals surface area contributed by atoms with Crippen LogP contribution in [-0.2, 0) is 11.2 Å². The Morgan fingerprint density at radius 3 is 2.86 bits per heavy atom. The van der Waals surface area contributed by atoms with Crippen molar-refractivity contribution in [2.45, 2.75) is 39.3 Å². The molecule has 1 aromatic rings. The number of halogens is 2. The summed E-state index contributed by atoms with van der Waals surface area (Å²) < 4.78 is 13.2. The van der Waals surface area contributed by atoms with Gasteiger partial charge >= 0.3 is 0 Å². The van der Waals surface area contributed by atoms with Gasteiger partial charge in [0.15, 0.2) is 0 Å². The van der Waals surface area contributed by atoms with E-state index in [2.05, 4.69) is 19.2 Å². The molecule has 1 aliphatic rings. The lowest BCUT2D eigenvalue weighted by Gasteiger charge is -2.40. The molecular weight excluding hydrogens is 291 g/mol. The number of amides is 1. The van der Waals surface area contributed by atoms with E-state index in [0.717, 1.165) is 18.7 Å². The van der Waals surface area contributed by atoms with Crippen LogP contribution in [0.25, 0.3) is 0 Å². The Bertz CT molecular complexity index is 483. The number of carbonyl (C=O) groups is 1. The van der Waals surface area contributed by atoms with Gasteiger partial charge in [0, 0.05) is 31.1 Å². The van der Waals surface area contributed by atoms with Crippen LogP contribution >= 0.6 is 12.4 Å². The molecule has 1 saturated heterocycles. The predicted octanol–water partition coefficient (Wildman–Crippen LogP) is 2.63. The zero-order valence-corrected chi connectivity index (χ0v) is 13.6. The molecule has 0 saturated carbocycles. The van der Waals surface area contributed by atoms with Crippen LogP contribution in [0.5, 0.6) is 0 Å². The maximum atomic E-state index is 13.2. The summed E-state index contributed by atoms with van der Waals surface area (Å²) in [6.07, 6.45) is 0.585. The standard InChI is InChI=1S/C16H23FN2O.ClH/c1-11(9-14-5-4-6-15(17)10-14)16(20)19-8-7-18-12(2)13(19)3;/h4-6,10-13,18H,7-9H2,1-3H3;1H. The van der Waals surface area contributed by atoms with Crippen molar-refractivity contribution >= 4 is 18.3 Å². The summed E-state index contributed by atoms with van der Waals surface area (Å²) in [5.41, 5.74) is 0.877. The molecule has 0 radical (unpaired) electrons. The van der Waals surface area contributed by atoms with E-state index in [1.807, 2.05) is 17.9 Å². The first-order chi connectivity index (χ1) is 9.49. The highest BCUT2D eigenvalue weighted by Crippen LogP contribution is 2.17. The summed E-state index contributed by atoms with van der Waals surface area (Å²) in [5, 5.41) is 3.37.